The van der Waals surface area contributed by atoms with E-state index in [0.717, 1.165) is 10.2 Å². The number of thiazole rings is 1. The van der Waals surface area contributed by atoms with Gasteiger partial charge in [-0.25, -0.2) is 4.98 Å². The summed E-state index contributed by atoms with van der Waals surface area (Å²) >= 11 is 7.55. The first kappa shape index (κ1) is 19.4. The van der Waals surface area contributed by atoms with Gasteiger partial charge in [-0.05, 0) is 23.8 Å². The first-order valence-corrected chi connectivity index (χ1v) is 9.87. The number of amides is 1. The third-order valence-electron chi connectivity index (χ3n) is 4.17. The number of carbonyl (C=O) groups is 1. The highest BCUT2D eigenvalue weighted by molar-refractivity contribution is 7.22. The second-order valence-corrected chi connectivity index (χ2v) is 7.48. The highest BCUT2D eigenvalue weighted by Crippen LogP contribution is 2.38. The second kappa shape index (κ2) is 8.18. The molecule has 0 unspecified atom stereocenters. The van der Waals surface area contributed by atoms with Gasteiger partial charge in [0.15, 0.2) is 28.1 Å². The number of nitrogens with zero attached hydrogens (tertiary/aromatic N) is 1. The molecule has 9 heteroatoms. The van der Waals surface area contributed by atoms with Crippen LogP contribution in [0.5, 0.6) is 23.0 Å². The predicted octanol–water partition coefficient (Wildman–Crippen LogP) is 4.39. The van der Waals surface area contributed by atoms with E-state index in [0.29, 0.717) is 51.9 Å². The number of hydrogen-bond donors (Lipinski definition) is 1. The highest BCUT2D eigenvalue weighted by Gasteiger charge is 2.16. The molecular formula is C20H17ClN2O5S. The minimum atomic E-state index is -0.313. The number of anilines is 1. The molecule has 0 saturated heterocycles. The molecule has 1 N–H and O–H groups in total. The van der Waals surface area contributed by atoms with Gasteiger partial charge in [0.25, 0.3) is 0 Å². The largest absolute Gasteiger partial charge is 0.493 e. The van der Waals surface area contributed by atoms with Crippen molar-refractivity contribution in [3.8, 4) is 23.0 Å². The SMILES string of the molecule is COc1cc(/C=C/C(=O)Nc2nc3cc4c(cc3s2)OCCO4)cc(Cl)c1OC. The Bertz CT molecular complexity index is 1070. The van der Waals surface area contributed by atoms with Crippen molar-refractivity contribution in [3.05, 3.63) is 40.9 Å². The molecule has 1 aliphatic rings. The van der Waals surface area contributed by atoms with Crippen molar-refractivity contribution >= 4 is 50.3 Å². The molecule has 0 spiro atoms. The molecule has 4 rings (SSSR count). The summed E-state index contributed by atoms with van der Waals surface area (Å²) in [5.41, 5.74) is 1.44. The van der Waals surface area contributed by atoms with Gasteiger partial charge in [-0.2, -0.15) is 0 Å². The summed E-state index contributed by atoms with van der Waals surface area (Å²) in [4.78, 5) is 16.8. The van der Waals surface area contributed by atoms with Crippen molar-refractivity contribution in [1.82, 2.24) is 4.98 Å². The molecule has 150 valence electrons. The Morgan fingerprint density at radius 3 is 2.66 bits per heavy atom. The van der Waals surface area contributed by atoms with Gasteiger partial charge in [-0.15, -0.1) is 0 Å². The van der Waals surface area contributed by atoms with Crippen molar-refractivity contribution < 1.29 is 23.7 Å². The molecule has 0 radical (unpaired) electrons. The van der Waals surface area contributed by atoms with Gasteiger partial charge < -0.3 is 18.9 Å². The number of benzene rings is 2. The van der Waals surface area contributed by atoms with Crippen LogP contribution in [0.4, 0.5) is 5.13 Å². The Kier molecular flexibility index (Phi) is 5.46. The van der Waals surface area contributed by atoms with Crippen LogP contribution < -0.4 is 24.3 Å². The van der Waals surface area contributed by atoms with Crippen molar-refractivity contribution in [2.45, 2.75) is 0 Å². The lowest BCUT2D eigenvalue weighted by molar-refractivity contribution is -0.111. The van der Waals surface area contributed by atoms with Crippen molar-refractivity contribution in [2.24, 2.45) is 0 Å². The lowest BCUT2D eigenvalue weighted by Crippen LogP contribution is -2.15. The summed E-state index contributed by atoms with van der Waals surface area (Å²) < 4.78 is 22.5. The summed E-state index contributed by atoms with van der Waals surface area (Å²) in [6.07, 6.45) is 3.04. The maximum atomic E-state index is 12.3. The molecule has 0 fully saturated rings. The molecular weight excluding hydrogens is 416 g/mol. The Morgan fingerprint density at radius 1 is 1.17 bits per heavy atom. The number of fused-ring (bicyclic) bond motifs is 2. The fourth-order valence-electron chi connectivity index (χ4n) is 2.87. The number of nitrogens with one attached hydrogen (secondary N) is 1. The van der Waals surface area contributed by atoms with Crippen molar-refractivity contribution in [1.29, 1.82) is 0 Å². The lowest BCUT2D eigenvalue weighted by atomic mass is 10.2. The molecule has 1 amide bonds. The first-order valence-electron chi connectivity index (χ1n) is 8.68. The fraction of sp³-hybridized carbons (Fsp3) is 0.200. The number of carbonyl (C=O) groups excluding carboxylic acids is 1. The Morgan fingerprint density at radius 2 is 1.93 bits per heavy atom. The molecule has 2 aromatic carbocycles. The minimum Gasteiger partial charge on any atom is -0.493 e. The average Bonchev–Trinajstić information content (AvgIpc) is 3.10. The van der Waals surface area contributed by atoms with Crippen LogP contribution in [0.2, 0.25) is 5.02 Å². The van der Waals surface area contributed by atoms with E-state index in [1.165, 1.54) is 31.6 Å². The molecule has 0 saturated carbocycles. The van der Waals surface area contributed by atoms with E-state index in [-0.39, 0.29) is 5.91 Å². The normalized spacial score (nSPS) is 12.9. The molecule has 0 bridgehead atoms. The number of rotatable bonds is 5. The predicted molar refractivity (Wildman–Crippen MR) is 113 cm³/mol. The van der Waals surface area contributed by atoms with Crippen LogP contribution in [-0.4, -0.2) is 38.3 Å². The van der Waals surface area contributed by atoms with E-state index in [2.05, 4.69) is 10.3 Å². The topological polar surface area (TPSA) is 78.9 Å². The third-order valence-corrected chi connectivity index (χ3v) is 5.38. The average molecular weight is 433 g/mol. The lowest BCUT2D eigenvalue weighted by Gasteiger charge is -2.17. The summed E-state index contributed by atoms with van der Waals surface area (Å²) in [5.74, 6) is 1.97. The maximum absolute atomic E-state index is 12.3. The quantitative estimate of drug-likeness (QED) is 0.602. The van der Waals surface area contributed by atoms with Crippen LogP contribution in [0.15, 0.2) is 30.3 Å². The fourth-order valence-corrected chi connectivity index (χ4v) is 4.05. The van der Waals surface area contributed by atoms with Crippen molar-refractivity contribution in [2.75, 3.05) is 32.8 Å². The van der Waals surface area contributed by atoms with Crippen LogP contribution >= 0.6 is 22.9 Å². The van der Waals surface area contributed by atoms with Crippen LogP contribution in [0.25, 0.3) is 16.3 Å². The standard InChI is InChI=1S/C20H17ClN2O5S/c1-25-16-8-11(7-12(21)19(16)26-2)3-4-18(24)23-20-22-13-9-14-15(10-17(13)29-20)28-6-5-27-14/h3-4,7-10H,5-6H2,1-2H3,(H,22,23,24)/b4-3+. The molecule has 2 heterocycles. The van der Waals surface area contributed by atoms with E-state index < -0.39 is 0 Å². The smallest absolute Gasteiger partial charge is 0.250 e. The third kappa shape index (κ3) is 4.08. The minimum absolute atomic E-state index is 0.313. The maximum Gasteiger partial charge on any atom is 0.250 e. The number of halogens is 1. The first-order chi connectivity index (χ1) is 14.1. The van der Waals surface area contributed by atoms with Crippen molar-refractivity contribution in [3.63, 3.8) is 0 Å². The van der Waals surface area contributed by atoms with E-state index >= 15 is 0 Å². The number of aromatic nitrogens is 1. The second-order valence-electron chi connectivity index (χ2n) is 6.04. The Labute approximate surface area is 175 Å². The number of hydrogen-bond acceptors (Lipinski definition) is 7. The molecule has 1 aliphatic heterocycles. The van der Waals surface area contributed by atoms with Crippen LogP contribution in [0.1, 0.15) is 5.56 Å². The summed E-state index contributed by atoms with van der Waals surface area (Å²) in [5, 5.41) is 3.65. The van der Waals surface area contributed by atoms with Gasteiger partial charge in [0, 0.05) is 18.2 Å². The summed E-state index contributed by atoms with van der Waals surface area (Å²) in [7, 11) is 3.04. The Balaban J connectivity index is 1.50. The zero-order valence-corrected chi connectivity index (χ0v) is 17.2. The van der Waals surface area contributed by atoms with Gasteiger partial charge in [0.2, 0.25) is 5.91 Å². The molecule has 29 heavy (non-hydrogen) atoms. The van der Waals surface area contributed by atoms with Gasteiger partial charge in [-0.3, -0.25) is 10.1 Å². The van der Waals surface area contributed by atoms with Gasteiger partial charge in [-0.1, -0.05) is 22.9 Å². The zero-order valence-electron chi connectivity index (χ0n) is 15.7. The van der Waals surface area contributed by atoms with Gasteiger partial charge in [0.1, 0.15) is 13.2 Å². The molecule has 7 nitrogen and oxygen atoms in total. The summed E-state index contributed by atoms with van der Waals surface area (Å²) in [6, 6.07) is 7.11. The number of methoxy groups -OCH3 is 2. The Hall–Kier alpha value is -2.97. The van der Waals surface area contributed by atoms with Gasteiger partial charge >= 0.3 is 0 Å². The van der Waals surface area contributed by atoms with E-state index in [4.69, 9.17) is 30.5 Å². The van der Waals surface area contributed by atoms with Crippen LogP contribution in [0.3, 0.4) is 0 Å². The zero-order chi connectivity index (χ0) is 20.4. The van der Waals surface area contributed by atoms with Crippen LogP contribution in [-0.2, 0) is 4.79 Å². The van der Waals surface area contributed by atoms with E-state index in [1.54, 1.807) is 18.2 Å². The summed E-state index contributed by atoms with van der Waals surface area (Å²) in [6.45, 7) is 1.03. The van der Waals surface area contributed by atoms with E-state index in [1.807, 2.05) is 12.1 Å². The van der Waals surface area contributed by atoms with Gasteiger partial charge in [0.05, 0.1) is 29.5 Å². The molecule has 0 aliphatic carbocycles. The molecule has 3 aromatic rings. The van der Waals surface area contributed by atoms with E-state index in [9.17, 15) is 4.79 Å². The van der Waals surface area contributed by atoms with Crippen LogP contribution in [0, 0.1) is 0 Å². The molecule has 1 aromatic heterocycles. The monoisotopic (exact) mass is 432 g/mol. The highest BCUT2D eigenvalue weighted by atomic mass is 35.5. The number of ether oxygens (including phenoxy) is 4. The molecule has 0 atom stereocenters.